The van der Waals surface area contributed by atoms with Crippen molar-refractivity contribution in [2.75, 3.05) is 6.79 Å². The van der Waals surface area contributed by atoms with Gasteiger partial charge in [0.05, 0.1) is 5.69 Å². The van der Waals surface area contributed by atoms with Crippen molar-refractivity contribution in [2.45, 2.75) is 6.42 Å². The Balaban J connectivity index is 1.53. The Morgan fingerprint density at radius 3 is 2.68 bits per heavy atom. The van der Waals surface area contributed by atoms with Gasteiger partial charge in [-0.05, 0) is 29.8 Å². The van der Waals surface area contributed by atoms with Gasteiger partial charge in [0.15, 0.2) is 23.0 Å². The Labute approximate surface area is 143 Å². The Morgan fingerprint density at radius 1 is 0.880 bits per heavy atom. The van der Waals surface area contributed by atoms with Crippen LogP contribution in [0.15, 0.2) is 60.7 Å². The summed E-state index contributed by atoms with van der Waals surface area (Å²) in [5.74, 6) is 2.33. The number of hydrogen-bond donors (Lipinski definition) is 0. The normalized spacial score (nSPS) is 12.6. The fraction of sp³-hybridized carbons (Fsp3) is 0.105. The predicted octanol–water partition coefficient (Wildman–Crippen LogP) is 3.11. The van der Waals surface area contributed by atoms with E-state index in [4.69, 9.17) is 14.6 Å². The summed E-state index contributed by atoms with van der Waals surface area (Å²) in [6, 6.07) is 19.9. The Hall–Kier alpha value is -3.41. The van der Waals surface area contributed by atoms with Crippen molar-refractivity contribution in [1.82, 2.24) is 19.8 Å². The second-order valence-electron chi connectivity index (χ2n) is 5.84. The molecule has 1 aliphatic rings. The van der Waals surface area contributed by atoms with Gasteiger partial charge in [-0.1, -0.05) is 36.4 Å². The lowest BCUT2D eigenvalue weighted by molar-refractivity contribution is 0.174. The minimum atomic E-state index is 0.272. The largest absolute Gasteiger partial charge is 0.454 e. The van der Waals surface area contributed by atoms with E-state index in [1.54, 1.807) is 4.52 Å². The van der Waals surface area contributed by atoms with E-state index in [1.807, 2.05) is 60.7 Å². The molecule has 6 heteroatoms. The fourth-order valence-corrected chi connectivity index (χ4v) is 2.94. The van der Waals surface area contributed by atoms with Crippen LogP contribution in [0.3, 0.4) is 0 Å². The van der Waals surface area contributed by atoms with Crippen LogP contribution < -0.4 is 9.47 Å². The zero-order valence-electron chi connectivity index (χ0n) is 13.3. The molecule has 2 aromatic heterocycles. The van der Waals surface area contributed by atoms with Gasteiger partial charge in [-0.25, -0.2) is 0 Å². The summed E-state index contributed by atoms with van der Waals surface area (Å²) in [6.07, 6.45) is 0.614. The smallest absolute Gasteiger partial charge is 0.231 e. The number of nitrogens with zero attached hydrogens (tertiary/aromatic N) is 4. The number of fused-ring (bicyclic) bond motifs is 2. The molecule has 0 unspecified atom stereocenters. The van der Waals surface area contributed by atoms with Crippen molar-refractivity contribution in [3.63, 3.8) is 0 Å². The molecular formula is C19H14N4O2. The minimum Gasteiger partial charge on any atom is -0.454 e. The average molecular weight is 330 g/mol. The lowest BCUT2D eigenvalue weighted by Crippen LogP contribution is -2.01. The molecule has 0 saturated heterocycles. The maximum absolute atomic E-state index is 5.44. The molecule has 0 N–H and O–H groups in total. The van der Waals surface area contributed by atoms with E-state index in [-0.39, 0.29) is 6.79 Å². The first-order chi connectivity index (χ1) is 12.4. The molecule has 0 aliphatic carbocycles. The third kappa shape index (κ3) is 2.48. The standard InChI is InChI=1S/C19H14N4O2/c1-2-4-14(5-3-1)15-7-9-18-20-21-19(23(18)22-15)11-13-6-8-16-17(10-13)25-12-24-16/h1-10H,11-12H2. The molecule has 0 amide bonds. The number of hydrogen-bond acceptors (Lipinski definition) is 5. The summed E-state index contributed by atoms with van der Waals surface area (Å²) in [4.78, 5) is 0. The highest BCUT2D eigenvalue weighted by Crippen LogP contribution is 2.33. The summed E-state index contributed by atoms with van der Waals surface area (Å²) < 4.78 is 12.6. The van der Waals surface area contributed by atoms with Crippen molar-refractivity contribution in [3.05, 3.63) is 72.1 Å². The molecule has 0 saturated carbocycles. The summed E-state index contributed by atoms with van der Waals surface area (Å²) in [5.41, 5.74) is 3.76. The molecule has 0 spiro atoms. The summed E-state index contributed by atoms with van der Waals surface area (Å²) in [5, 5.41) is 13.2. The van der Waals surface area contributed by atoms with Crippen molar-refractivity contribution in [1.29, 1.82) is 0 Å². The van der Waals surface area contributed by atoms with Crippen LogP contribution in [0.1, 0.15) is 11.4 Å². The Morgan fingerprint density at radius 2 is 1.76 bits per heavy atom. The van der Waals surface area contributed by atoms with Gasteiger partial charge in [0, 0.05) is 12.0 Å². The SMILES string of the molecule is c1ccc(-c2ccc3nnc(Cc4ccc5c(c4)OCO5)n3n2)cc1. The highest BCUT2D eigenvalue weighted by molar-refractivity contribution is 5.60. The van der Waals surface area contributed by atoms with Gasteiger partial charge < -0.3 is 9.47 Å². The van der Waals surface area contributed by atoms with Gasteiger partial charge in [0.2, 0.25) is 6.79 Å². The van der Waals surface area contributed by atoms with E-state index in [1.165, 1.54) is 0 Å². The van der Waals surface area contributed by atoms with Gasteiger partial charge >= 0.3 is 0 Å². The van der Waals surface area contributed by atoms with Crippen LogP contribution in [0.4, 0.5) is 0 Å². The van der Waals surface area contributed by atoms with E-state index >= 15 is 0 Å². The van der Waals surface area contributed by atoms with Crippen LogP contribution in [-0.4, -0.2) is 26.6 Å². The number of rotatable bonds is 3. The second kappa shape index (κ2) is 5.59. The Bertz CT molecular complexity index is 1060. The first kappa shape index (κ1) is 14.0. The number of aromatic nitrogens is 4. The third-order valence-corrected chi connectivity index (χ3v) is 4.20. The lowest BCUT2D eigenvalue weighted by Gasteiger charge is -2.04. The van der Waals surface area contributed by atoms with Crippen LogP contribution in [0, 0.1) is 0 Å². The first-order valence-electron chi connectivity index (χ1n) is 8.02. The molecule has 6 nitrogen and oxygen atoms in total. The number of ether oxygens (including phenoxy) is 2. The molecular weight excluding hydrogens is 316 g/mol. The van der Waals surface area contributed by atoms with Crippen LogP contribution in [0.25, 0.3) is 16.9 Å². The van der Waals surface area contributed by atoms with Crippen molar-refractivity contribution in [3.8, 4) is 22.8 Å². The molecule has 0 bridgehead atoms. The van der Waals surface area contributed by atoms with Crippen molar-refractivity contribution in [2.24, 2.45) is 0 Å². The van der Waals surface area contributed by atoms with Crippen molar-refractivity contribution >= 4 is 5.65 Å². The molecule has 2 aromatic carbocycles. The highest BCUT2D eigenvalue weighted by Gasteiger charge is 2.15. The van der Waals surface area contributed by atoms with Gasteiger partial charge in [0.25, 0.3) is 0 Å². The first-order valence-corrected chi connectivity index (χ1v) is 8.02. The molecule has 25 heavy (non-hydrogen) atoms. The van der Waals surface area contributed by atoms with E-state index in [0.717, 1.165) is 39.8 Å². The molecule has 0 radical (unpaired) electrons. The average Bonchev–Trinajstić information content (AvgIpc) is 3.29. The molecule has 1 aliphatic heterocycles. The van der Waals surface area contributed by atoms with Gasteiger partial charge in [-0.2, -0.15) is 9.61 Å². The van der Waals surface area contributed by atoms with E-state index in [9.17, 15) is 0 Å². The monoisotopic (exact) mass is 330 g/mol. The van der Waals surface area contributed by atoms with Gasteiger partial charge in [-0.3, -0.25) is 0 Å². The maximum atomic E-state index is 5.44. The van der Waals surface area contributed by atoms with E-state index in [0.29, 0.717) is 6.42 Å². The van der Waals surface area contributed by atoms with Gasteiger partial charge in [-0.15, -0.1) is 10.2 Å². The van der Waals surface area contributed by atoms with Gasteiger partial charge in [0.1, 0.15) is 0 Å². The summed E-state index contributed by atoms with van der Waals surface area (Å²) in [7, 11) is 0. The fourth-order valence-electron chi connectivity index (χ4n) is 2.94. The minimum absolute atomic E-state index is 0.272. The van der Waals surface area contributed by atoms with E-state index in [2.05, 4.69) is 10.2 Å². The molecule has 5 rings (SSSR count). The summed E-state index contributed by atoms with van der Waals surface area (Å²) in [6.45, 7) is 0.272. The maximum Gasteiger partial charge on any atom is 0.231 e. The highest BCUT2D eigenvalue weighted by atomic mass is 16.7. The topological polar surface area (TPSA) is 61.5 Å². The van der Waals surface area contributed by atoms with Crippen LogP contribution >= 0.6 is 0 Å². The quantitative estimate of drug-likeness (QED) is 0.577. The molecule has 3 heterocycles. The molecule has 122 valence electrons. The lowest BCUT2D eigenvalue weighted by atomic mass is 10.1. The number of benzene rings is 2. The van der Waals surface area contributed by atoms with Crippen molar-refractivity contribution < 1.29 is 9.47 Å². The molecule has 0 fully saturated rings. The van der Waals surface area contributed by atoms with Crippen LogP contribution in [0.2, 0.25) is 0 Å². The molecule has 4 aromatic rings. The third-order valence-electron chi connectivity index (χ3n) is 4.20. The van der Waals surface area contributed by atoms with E-state index < -0.39 is 0 Å². The summed E-state index contributed by atoms with van der Waals surface area (Å²) >= 11 is 0. The second-order valence-corrected chi connectivity index (χ2v) is 5.84. The zero-order chi connectivity index (χ0) is 16.6. The van der Waals surface area contributed by atoms with Crippen LogP contribution in [0.5, 0.6) is 11.5 Å². The molecule has 0 atom stereocenters. The predicted molar refractivity (Wildman–Crippen MR) is 91.6 cm³/mol. The zero-order valence-corrected chi connectivity index (χ0v) is 13.3. The Kier molecular flexibility index (Phi) is 3.13. The van der Waals surface area contributed by atoms with Crippen LogP contribution in [-0.2, 0) is 6.42 Å².